The maximum absolute atomic E-state index is 14.9. The number of halogens is 1. The number of furan rings is 1. The summed E-state index contributed by atoms with van der Waals surface area (Å²) in [4.78, 5) is 18.3. The van der Waals surface area contributed by atoms with Crippen LogP contribution in [0.15, 0.2) is 53.4 Å². The first-order chi connectivity index (χ1) is 19.0. The lowest BCUT2D eigenvalue weighted by atomic mass is 10.2. The van der Waals surface area contributed by atoms with Crippen LogP contribution in [0.5, 0.6) is 5.75 Å². The summed E-state index contributed by atoms with van der Waals surface area (Å²) in [5, 5.41) is 12.0. The third-order valence-electron chi connectivity index (χ3n) is 6.68. The third-order valence-corrected chi connectivity index (χ3v) is 6.68. The van der Waals surface area contributed by atoms with Crippen LogP contribution in [0.25, 0.3) is 17.1 Å². The summed E-state index contributed by atoms with van der Waals surface area (Å²) in [5.74, 6) is 2.14. The molecule has 202 valence electrons. The molecule has 6 rings (SSSR count). The highest BCUT2D eigenvalue weighted by Gasteiger charge is 2.21. The van der Waals surface area contributed by atoms with Crippen LogP contribution in [0.2, 0.25) is 0 Å². The van der Waals surface area contributed by atoms with Crippen molar-refractivity contribution < 1.29 is 13.5 Å². The van der Waals surface area contributed by atoms with E-state index in [1.807, 2.05) is 24.1 Å². The summed E-state index contributed by atoms with van der Waals surface area (Å²) >= 11 is 0. The van der Waals surface area contributed by atoms with Crippen molar-refractivity contribution in [3.05, 3.63) is 60.6 Å². The van der Waals surface area contributed by atoms with E-state index in [9.17, 15) is 4.39 Å². The first-order valence-electron chi connectivity index (χ1n) is 12.6. The van der Waals surface area contributed by atoms with Crippen LogP contribution >= 0.6 is 0 Å². The lowest BCUT2D eigenvalue weighted by Gasteiger charge is -2.36. The average Bonchev–Trinajstić information content (AvgIpc) is 3.73. The molecule has 0 saturated carbocycles. The van der Waals surface area contributed by atoms with E-state index >= 15 is 0 Å². The van der Waals surface area contributed by atoms with Crippen molar-refractivity contribution in [1.82, 2.24) is 39.7 Å². The van der Waals surface area contributed by atoms with E-state index in [1.54, 1.807) is 24.5 Å². The number of nitrogens with two attached hydrogens (primary N) is 1. The summed E-state index contributed by atoms with van der Waals surface area (Å²) in [6.07, 6.45) is 3.07. The molecule has 1 fully saturated rings. The van der Waals surface area contributed by atoms with Gasteiger partial charge in [0.15, 0.2) is 17.2 Å². The van der Waals surface area contributed by atoms with Crippen LogP contribution in [0.4, 0.5) is 22.0 Å². The second-order valence-corrected chi connectivity index (χ2v) is 9.25. The fourth-order valence-corrected chi connectivity index (χ4v) is 4.50. The Balaban J connectivity index is 1.02. The minimum absolute atomic E-state index is 0.200. The number of nitrogen functional groups attached to an aromatic ring is 1. The number of H-pyrrole nitrogens is 1. The number of hydrogen-bond donors (Lipinski definition) is 2. The molecule has 0 amide bonds. The van der Waals surface area contributed by atoms with E-state index in [0.29, 0.717) is 46.9 Å². The lowest BCUT2D eigenvalue weighted by molar-refractivity contribution is 0.262. The Bertz CT molecular complexity index is 1530. The van der Waals surface area contributed by atoms with Gasteiger partial charge >= 0.3 is 0 Å². The van der Waals surface area contributed by atoms with E-state index in [0.717, 1.165) is 32.7 Å². The number of aromatic amines is 1. The van der Waals surface area contributed by atoms with Crippen LogP contribution in [0.3, 0.4) is 0 Å². The summed E-state index contributed by atoms with van der Waals surface area (Å²) in [7, 11) is 1.94. The molecule has 0 aliphatic carbocycles. The Morgan fingerprint density at radius 3 is 2.77 bits per heavy atom. The smallest absolute Gasteiger partial charge is 0.230 e. The molecule has 4 aromatic heterocycles. The number of nitrogens with one attached hydrogen (secondary N) is 1. The van der Waals surface area contributed by atoms with Crippen molar-refractivity contribution >= 4 is 23.2 Å². The number of fused-ring (bicyclic) bond motifs is 1. The van der Waals surface area contributed by atoms with Gasteiger partial charge in [-0.2, -0.15) is 19.6 Å². The molecule has 0 spiro atoms. The summed E-state index contributed by atoms with van der Waals surface area (Å²) in [6.45, 7) is 4.79. The number of aromatic nitrogens is 7. The van der Waals surface area contributed by atoms with Gasteiger partial charge in [0.05, 0.1) is 12.0 Å². The predicted octanol–water partition coefficient (Wildman–Crippen LogP) is 2.06. The predicted molar refractivity (Wildman–Crippen MR) is 142 cm³/mol. The first kappa shape index (κ1) is 24.6. The zero-order valence-electron chi connectivity index (χ0n) is 21.4. The van der Waals surface area contributed by atoms with E-state index in [2.05, 4.69) is 40.0 Å². The Labute approximate surface area is 223 Å². The van der Waals surface area contributed by atoms with Gasteiger partial charge in [-0.3, -0.25) is 4.90 Å². The summed E-state index contributed by atoms with van der Waals surface area (Å²) in [5.41, 5.74) is 7.98. The zero-order valence-corrected chi connectivity index (χ0v) is 21.4. The van der Waals surface area contributed by atoms with Gasteiger partial charge < -0.3 is 29.7 Å². The maximum atomic E-state index is 14.9. The lowest BCUT2D eigenvalue weighted by Crippen LogP contribution is -2.48. The van der Waals surface area contributed by atoms with Crippen molar-refractivity contribution in [2.75, 3.05) is 61.8 Å². The number of anilines is 3. The summed E-state index contributed by atoms with van der Waals surface area (Å²) in [6, 6.07) is 10.4. The summed E-state index contributed by atoms with van der Waals surface area (Å²) < 4.78 is 27.4. The monoisotopic (exact) mass is 533 g/mol. The minimum Gasteiger partial charge on any atom is -0.486 e. The van der Waals surface area contributed by atoms with Gasteiger partial charge in [-0.25, -0.2) is 4.39 Å². The van der Waals surface area contributed by atoms with E-state index in [1.165, 1.54) is 16.9 Å². The molecule has 14 heteroatoms. The van der Waals surface area contributed by atoms with Crippen LogP contribution in [-0.2, 0) is 6.61 Å². The van der Waals surface area contributed by atoms with Gasteiger partial charge in [0.2, 0.25) is 11.9 Å². The third kappa shape index (κ3) is 5.31. The van der Waals surface area contributed by atoms with Crippen molar-refractivity contribution in [3.8, 4) is 17.2 Å². The molecule has 5 aromatic rings. The minimum atomic E-state index is -0.307. The van der Waals surface area contributed by atoms with Gasteiger partial charge in [-0.15, -0.1) is 10.2 Å². The Hall–Kier alpha value is -4.72. The Morgan fingerprint density at radius 2 is 2.03 bits per heavy atom. The standard InChI is InChI=1S/C25H28FN11O2/c1-34(25-30-23-14-19(21-3-2-12-38-21)33-37(23)24(27)31-25)6-7-35-8-10-36(11-9-35)20-5-4-17(13-18(20)26)39-15-22-28-16-29-32-22/h2-5,12-14,16H,6-11,15H2,1H3,(H2,27,30,31)(H,28,29,32). The van der Waals surface area contributed by atoms with Crippen molar-refractivity contribution in [1.29, 1.82) is 0 Å². The number of likely N-dealkylation sites (N-methyl/N-ethyl adjacent to an activating group) is 1. The highest BCUT2D eigenvalue weighted by Crippen LogP contribution is 2.26. The van der Waals surface area contributed by atoms with E-state index < -0.39 is 0 Å². The number of piperazine rings is 1. The molecule has 13 nitrogen and oxygen atoms in total. The number of benzene rings is 1. The molecule has 0 radical (unpaired) electrons. The van der Waals surface area contributed by atoms with Gasteiger partial charge in [-0.05, 0) is 24.3 Å². The SMILES string of the molecule is CN(CCN1CCN(c2ccc(OCc3nnc[nH]3)cc2F)CC1)c1nc(N)n2nc(-c3ccco3)cc2n1. The molecular formula is C25H28FN11O2. The van der Waals surface area contributed by atoms with Gasteiger partial charge in [-0.1, -0.05) is 0 Å². The Morgan fingerprint density at radius 1 is 1.15 bits per heavy atom. The molecule has 39 heavy (non-hydrogen) atoms. The number of hydrogen-bond acceptors (Lipinski definition) is 11. The number of ether oxygens (including phenoxy) is 1. The molecule has 3 N–H and O–H groups in total. The normalized spacial score (nSPS) is 14.3. The van der Waals surface area contributed by atoms with Crippen molar-refractivity contribution in [2.45, 2.75) is 6.61 Å². The zero-order chi connectivity index (χ0) is 26.8. The van der Waals surface area contributed by atoms with Gasteiger partial charge in [0.1, 0.15) is 30.2 Å². The van der Waals surface area contributed by atoms with Crippen LogP contribution < -0.4 is 20.3 Å². The molecule has 0 bridgehead atoms. The molecule has 1 aliphatic rings. The average molecular weight is 534 g/mol. The second kappa shape index (κ2) is 10.6. The molecular weight excluding hydrogens is 505 g/mol. The van der Waals surface area contributed by atoms with Gasteiger partial charge in [0.25, 0.3) is 0 Å². The molecule has 1 saturated heterocycles. The molecule has 1 aromatic carbocycles. The highest BCUT2D eigenvalue weighted by molar-refractivity contribution is 5.61. The fraction of sp³-hybridized carbons (Fsp3) is 0.320. The first-order valence-corrected chi connectivity index (χ1v) is 12.6. The topological polar surface area (TPSA) is 143 Å². The molecule has 0 unspecified atom stereocenters. The van der Waals surface area contributed by atoms with Crippen LogP contribution in [0, 0.1) is 5.82 Å². The van der Waals surface area contributed by atoms with Crippen molar-refractivity contribution in [2.24, 2.45) is 0 Å². The fourth-order valence-electron chi connectivity index (χ4n) is 4.50. The number of nitrogens with zero attached hydrogens (tertiary/aromatic N) is 9. The van der Waals surface area contributed by atoms with Crippen molar-refractivity contribution in [3.63, 3.8) is 0 Å². The van der Waals surface area contributed by atoms with Crippen LogP contribution in [0.1, 0.15) is 5.82 Å². The molecule has 0 atom stereocenters. The second-order valence-electron chi connectivity index (χ2n) is 9.25. The molecule has 5 heterocycles. The van der Waals surface area contributed by atoms with Crippen LogP contribution in [-0.4, -0.2) is 86.0 Å². The largest absolute Gasteiger partial charge is 0.486 e. The van der Waals surface area contributed by atoms with E-state index in [-0.39, 0.29) is 18.4 Å². The Kier molecular flexibility index (Phi) is 6.67. The molecule has 1 aliphatic heterocycles. The maximum Gasteiger partial charge on any atom is 0.230 e. The number of rotatable bonds is 9. The van der Waals surface area contributed by atoms with Gasteiger partial charge in [0, 0.05) is 58.4 Å². The highest BCUT2D eigenvalue weighted by atomic mass is 19.1. The quantitative estimate of drug-likeness (QED) is 0.287. The van der Waals surface area contributed by atoms with E-state index in [4.69, 9.17) is 14.9 Å².